The Kier molecular flexibility index (Phi) is 3.87. The van der Waals surface area contributed by atoms with E-state index in [0.29, 0.717) is 11.9 Å². The van der Waals surface area contributed by atoms with Gasteiger partial charge < -0.3 is 10.6 Å². The number of aromatic nitrogens is 6. The number of fused-ring (bicyclic) bond motifs is 2. The molecule has 8 heteroatoms. The molecule has 0 bridgehead atoms. The highest BCUT2D eigenvalue weighted by atomic mass is 15.2. The molecule has 1 aliphatic carbocycles. The number of nitrogens with zero attached hydrogens (tertiary/aromatic N) is 4. The molecule has 3 aromatic heterocycles. The van der Waals surface area contributed by atoms with Crippen molar-refractivity contribution in [3.05, 3.63) is 60.4 Å². The molecule has 0 aliphatic heterocycles. The molecule has 1 saturated carbocycles. The molecule has 148 valence electrons. The lowest BCUT2D eigenvalue weighted by Gasteiger charge is -2.23. The van der Waals surface area contributed by atoms with Crippen molar-refractivity contribution in [1.82, 2.24) is 30.4 Å². The van der Waals surface area contributed by atoms with Crippen LogP contribution in [0, 0.1) is 0 Å². The average Bonchev–Trinajstić information content (AvgIpc) is 3.36. The number of hydrogen-bond donors (Lipinski definition) is 4. The van der Waals surface area contributed by atoms with Crippen LogP contribution in [0.3, 0.4) is 0 Å². The van der Waals surface area contributed by atoms with Gasteiger partial charge in [-0.2, -0.15) is 15.2 Å². The Morgan fingerprint density at radius 2 is 1.87 bits per heavy atom. The summed E-state index contributed by atoms with van der Waals surface area (Å²) >= 11 is 0. The van der Waals surface area contributed by atoms with Gasteiger partial charge in [-0.1, -0.05) is 18.6 Å². The molecule has 4 N–H and O–H groups in total. The van der Waals surface area contributed by atoms with Crippen LogP contribution in [-0.4, -0.2) is 30.4 Å². The Bertz CT molecular complexity index is 1350. The largest absolute Gasteiger partial charge is 0.324 e. The van der Waals surface area contributed by atoms with Gasteiger partial charge in [-0.05, 0) is 43.2 Å². The van der Waals surface area contributed by atoms with Crippen molar-refractivity contribution < 1.29 is 0 Å². The lowest BCUT2D eigenvalue weighted by atomic mass is 9.83. The van der Waals surface area contributed by atoms with Gasteiger partial charge >= 0.3 is 0 Å². The molecule has 0 unspecified atom stereocenters. The fourth-order valence-corrected chi connectivity index (χ4v) is 3.82. The maximum absolute atomic E-state index is 4.73. The minimum Gasteiger partial charge on any atom is -0.324 e. The predicted molar refractivity (Wildman–Crippen MR) is 117 cm³/mol. The standard InChI is InChI=1S/C22H20N8/c1-2-7-17-16(6-1)21(26-20-11-19(29-30-20)13-4-3-5-13)27-22(25-17)24-15-9-8-14-12-23-28-18(14)10-15/h1-2,6-13H,3-5H2,(H,23,28)(H3,24,25,26,27,29,30). The van der Waals surface area contributed by atoms with Crippen LogP contribution in [0.15, 0.2) is 54.7 Å². The molecule has 0 saturated heterocycles. The molecule has 1 fully saturated rings. The van der Waals surface area contributed by atoms with E-state index in [9.17, 15) is 0 Å². The van der Waals surface area contributed by atoms with Crippen molar-refractivity contribution in [2.45, 2.75) is 25.2 Å². The number of aromatic amines is 2. The lowest BCUT2D eigenvalue weighted by Crippen LogP contribution is -2.08. The predicted octanol–water partition coefficient (Wildman–Crippen LogP) is 4.98. The zero-order valence-corrected chi connectivity index (χ0v) is 16.2. The maximum Gasteiger partial charge on any atom is 0.229 e. The molecule has 5 aromatic rings. The fourth-order valence-electron chi connectivity index (χ4n) is 3.82. The number of H-pyrrole nitrogens is 2. The van der Waals surface area contributed by atoms with Gasteiger partial charge in [0.25, 0.3) is 0 Å². The third-order valence-corrected chi connectivity index (χ3v) is 5.69. The summed E-state index contributed by atoms with van der Waals surface area (Å²) in [6.07, 6.45) is 5.55. The summed E-state index contributed by atoms with van der Waals surface area (Å²) < 4.78 is 0. The van der Waals surface area contributed by atoms with Crippen molar-refractivity contribution in [2.24, 2.45) is 0 Å². The van der Waals surface area contributed by atoms with Crippen LogP contribution < -0.4 is 10.6 Å². The highest BCUT2D eigenvalue weighted by molar-refractivity contribution is 5.92. The number of para-hydroxylation sites is 1. The zero-order valence-electron chi connectivity index (χ0n) is 16.2. The van der Waals surface area contributed by atoms with Crippen molar-refractivity contribution in [3.8, 4) is 0 Å². The highest BCUT2D eigenvalue weighted by Crippen LogP contribution is 2.36. The molecular weight excluding hydrogens is 376 g/mol. The Labute approximate surface area is 172 Å². The fraction of sp³-hybridized carbons (Fsp3) is 0.182. The minimum absolute atomic E-state index is 0.518. The SMILES string of the molecule is c1ccc2c(Nc3cc(C4CCC4)[nH]n3)nc(Nc3ccc4cn[nH]c4c3)nc2c1. The summed E-state index contributed by atoms with van der Waals surface area (Å²) in [5, 5.41) is 23.3. The first-order valence-electron chi connectivity index (χ1n) is 10.1. The van der Waals surface area contributed by atoms with Crippen LogP contribution in [0.1, 0.15) is 30.9 Å². The molecular formula is C22H20N8. The molecule has 2 aromatic carbocycles. The van der Waals surface area contributed by atoms with Crippen LogP contribution in [0.5, 0.6) is 0 Å². The van der Waals surface area contributed by atoms with Gasteiger partial charge in [0.2, 0.25) is 5.95 Å². The van der Waals surface area contributed by atoms with E-state index < -0.39 is 0 Å². The first kappa shape index (κ1) is 17.0. The number of nitrogens with one attached hydrogen (secondary N) is 4. The van der Waals surface area contributed by atoms with E-state index >= 15 is 0 Å². The van der Waals surface area contributed by atoms with Gasteiger partial charge in [-0.3, -0.25) is 10.2 Å². The zero-order chi connectivity index (χ0) is 19.9. The van der Waals surface area contributed by atoms with Gasteiger partial charge in [-0.25, -0.2) is 4.98 Å². The third-order valence-electron chi connectivity index (χ3n) is 5.69. The van der Waals surface area contributed by atoms with E-state index in [0.717, 1.165) is 39.1 Å². The Hall–Kier alpha value is -3.94. The normalized spacial score (nSPS) is 14.1. The van der Waals surface area contributed by atoms with Crippen molar-refractivity contribution >= 4 is 45.1 Å². The van der Waals surface area contributed by atoms with Gasteiger partial charge in [0, 0.05) is 34.1 Å². The summed E-state index contributed by atoms with van der Waals surface area (Å²) in [4.78, 5) is 9.41. The molecule has 0 atom stereocenters. The van der Waals surface area contributed by atoms with Crippen LogP contribution in [-0.2, 0) is 0 Å². The average molecular weight is 396 g/mol. The van der Waals surface area contributed by atoms with Crippen LogP contribution in [0.2, 0.25) is 0 Å². The molecule has 30 heavy (non-hydrogen) atoms. The Morgan fingerprint density at radius 3 is 2.77 bits per heavy atom. The summed E-state index contributed by atoms with van der Waals surface area (Å²) in [5.74, 6) is 2.61. The molecule has 1 aliphatic rings. The van der Waals surface area contributed by atoms with Crippen LogP contribution >= 0.6 is 0 Å². The first-order chi connectivity index (χ1) is 14.8. The van der Waals surface area contributed by atoms with E-state index in [4.69, 9.17) is 4.98 Å². The summed E-state index contributed by atoms with van der Waals surface area (Å²) in [7, 11) is 0. The summed E-state index contributed by atoms with van der Waals surface area (Å²) in [6, 6.07) is 16.0. The lowest BCUT2D eigenvalue weighted by molar-refractivity contribution is 0.410. The number of benzene rings is 2. The monoisotopic (exact) mass is 396 g/mol. The van der Waals surface area contributed by atoms with Crippen molar-refractivity contribution in [3.63, 3.8) is 0 Å². The van der Waals surface area contributed by atoms with E-state index in [1.807, 2.05) is 42.5 Å². The Balaban J connectivity index is 1.35. The van der Waals surface area contributed by atoms with E-state index in [1.165, 1.54) is 25.0 Å². The second-order valence-corrected chi connectivity index (χ2v) is 7.67. The van der Waals surface area contributed by atoms with Gasteiger partial charge in [-0.15, -0.1) is 0 Å². The number of rotatable bonds is 5. The molecule has 3 heterocycles. The van der Waals surface area contributed by atoms with Crippen molar-refractivity contribution in [2.75, 3.05) is 10.6 Å². The molecule has 8 nitrogen and oxygen atoms in total. The van der Waals surface area contributed by atoms with Gasteiger partial charge in [0.15, 0.2) is 5.82 Å². The number of hydrogen-bond acceptors (Lipinski definition) is 6. The number of anilines is 4. The highest BCUT2D eigenvalue weighted by Gasteiger charge is 2.21. The summed E-state index contributed by atoms with van der Waals surface area (Å²) in [5.41, 5.74) is 3.89. The molecule has 6 rings (SSSR count). The maximum atomic E-state index is 4.73. The topological polar surface area (TPSA) is 107 Å². The van der Waals surface area contributed by atoms with Gasteiger partial charge in [0.1, 0.15) is 5.82 Å². The van der Waals surface area contributed by atoms with E-state index in [2.05, 4.69) is 42.1 Å². The second kappa shape index (κ2) is 6.84. The first-order valence-corrected chi connectivity index (χ1v) is 10.1. The van der Waals surface area contributed by atoms with Crippen LogP contribution in [0.4, 0.5) is 23.3 Å². The molecule has 0 spiro atoms. The quantitative estimate of drug-likeness (QED) is 0.334. The van der Waals surface area contributed by atoms with Crippen molar-refractivity contribution in [1.29, 1.82) is 0 Å². The van der Waals surface area contributed by atoms with E-state index in [-0.39, 0.29) is 0 Å². The molecule has 0 amide bonds. The molecule has 0 radical (unpaired) electrons. The van der Waals surface area contributed by atoms with Gasteiger partial charge in [0.05, 0.1) is 17.2 Å². The second-order valence-electron chi connectivity index (χ2n) is 7.67. The summed E-state index contributed by atoms with van der Waals surface area (Å²) in [6.45, 7) is 0. The minimum atomic E-state index is 0.518. The van der Waals surface area contributed by atoms with E-state index in [1.54, 1.807) is 6.20 Å². The smallest absolute Gasteiger partial charge is 0.229 e. The van der Waals surface area contributed by atoms with Crippen LogP contribution in [0.25, 0.3) is 21.8 Å². The Morgan fingerprint density at radius 1 is 0.933 bits per heavy atom. The third kappa shape index (κ3) is 3.02.